The van der Waals surface area contributed by atoms with Gasteiger partial charge in [0.1, 0.15) is 5.82 Å². The van der Waals surface area contributed by atoms with E-state index in [9.17, 15) is 22.8 Å². The van der Waals surface area contributed by atoms with Crippen molar-refractivity contribution in [3.05, 3.63) is 64.7 Å². The Morgan fingerprint density at radius 2 is 1.82 bits per heavy atom. The normalized spacial score (nSPS) is 11.5. The fourth-order valence-electron chi connectivity index (χ4n) is 2.55. The van der Waals surface area contributed by atoms with Gasteiger partial charge in [0.15, 0.2) is 0 Å². The van der Waals surface area contributed by atoms with Crippen molar-refractivity contribution in [2.45, 2.75) is 23.9 Å². The highest BCUT2D eigenvalue weighted by molar-refractivity contribution is 7.99. The maximum absolute atomic E-state index is 12.4. The molecule has 1 heterocycles. The van der Waals surface area contributed by atoms with Gasteiger partial charge in [-0.3, -0.25) is 9.59 Å². The van der Waals surface area contributed by atoms with Crippen molar-refractivity contribution in [3.63, 3.8) is 0 Å². The topological polar surface area (TPSA) is 74.8 Å². The first-order chi connectivity index (χ1) is 13.3. The number of para-hydroxylation sites is 2. The number of aromatic nitrogens is 2. The summed E-state index contributed by atoms with van der Waals surface area (Å²) < 4.78 is 37.3. The first-order valence-corrected chi connectivity index (χ1v) is 9.37. The standard InChI is InChI=1S/C19H16F3N3O2S/c20-19(21,22)11-28-15-8-4-3-7-14(15)24-17(26)10-9-16-23-13-6-2-1-5-12(13)18(27)25-16/h1-8H,9-11H2,(H,24,26)(H,23,25,27). The first kappa shape index (κ1) is 19.9. The zero-order valence-corrected chi connectivity index (χ0v) is 15.4. The van der Waals surface area contributed by atoms with Crippen LogP contribution in [0.1, 0.15) is 12.2 Å². The number of H-pyrrole nitrogens is 1. The van der Waals surface area contributed by atoms with Crippen LogP contribution in [0.5, 0.6) is 0 Å². The minimum absolute atomic E-state index is 0.0273. The third kappa shape index (κ3) is 5.35. The first-order valence-electron chi connectivity index (χ1n) is 8.38. The molecule has 0 aliphatic rings. The summed E-state index contributed by atoms with van der Waals surface area (Å²) in [5.41, 5.74) is 0.576. The molecule has 0 radical (unpaired) electrons. The summed E-state index contributed by atoms with van der Waals surface area (Å²) in [4.78, 5) is 31.6. The molecule has 0 atom stereocenters. The van der Waals surface area contributed by atoms with Crippen LogP contribution in [0.15, 0.2) is 58.2 Å². The number of carbonyl (C=O) groups is 1. The highest BCUT2D eigenvalue weighted by Crippen LogP contribution is 2.32. The second-order valence-corrected chi connectivity index (χ2v) is 7.00. The van der Waals surface area contributed by atoms with Gasteiger partial charge in [0, 0.05) is 17.7 Å². The van der Waals surface area contributed by atoms with Gasteiger partial charge in [0.05, 0.1) is 22.3 Å². The molecule has 0 aliphatic carbocycles. The number of hydrogen-bond donors (Lipinski definition) is 2. The minimum atomic E-state index is -4.30. The molecule has 0 saturated carbocycles. The molecule has 5 nitrogen and oxygen atoms in total. The maximum atomic E-state index is 12.4. The van der Waals surface area contributed by atoms with Gasteiger partial charge < -0.3 is 10.3 Å². The molecule has 0 unspecified atom stereocenters. The smallest absolute Gasteiger partial charge is 0.325 e. The number of rotatable bonds is 6. The quantitative estimate of drug-likeness (QED) is 0.602. The molecule has 2 aromatic carbocycles. The lowest BCUT2D eigenvalue weighted by Crippen LogP contribution is -2.17. The summed E-state index contributed by atoms with van der Waals surface area (Å²) in [5, 5.41) is 3.09. The lowest BCUT2D eigenvalue weighted by atomic mass is 10.2. The van der Waals surface area contributed by atoms with Gasteiger partial charge in [-0.25, -0.2) is 4.98 Å². The molecule has 1 amide bonds. The molecule has 1 aromatic heterocycles. The number of nitrogens with one attached hydrogen (secondary N) is 2. The van der Waals surface area contributed by atoms with Gasteiger partial charge in [-0.1, -0.05) is 24.3 Å². The predicted octanol–water partition coefficient (Wildman–Crippen LogP) is 4.15. The van der Waals surface area contributed by atoms with E-state index in [-0.39, 0.29) is 24.3 Å². The molecule has 0 fully saturated rings. The summed E-state index contributed by atoms with van der Waals surface area (Å²) in [7, 11) is 0. The Labute approximate surface area is 162 Å². The number of thioether (sulfide) groups is 1. The summed E-state index contributed by atoms with van der Waals surface area (Å²) in [6.45, 7) is 0. The van der Waals surface area contributed by atoms with Crippen LogP contribution in [0.4, 0.5) is 18.9 Å². The van der Waals surface area contributed by atoms with E-state index >= 15 is 0 Å². The number of nitrogens with zero attached hydrogens (tertiary/aromatic N) is 1. The lowest BCUT2D eigenvalue weighted by Gasteiger charge is -2.12. The van der Waals surface area contributed by atoms with Gasteiger partial charge in [-0.05, 0) is 24.3 Å². The van der Waals surface area contributed by atoms with Crippen LogP contribution >= 0.6 is 11.8 Å². The molecule has 28 heavy (non-hydrogen) atoms. The largest absolute Gasteiger partial charge is 0.398 e. The summed E-state index contributed by atoms with van der Waals surface area (Å²) >= 11 is 0.614. The fraction of sp³-hybridized carbons (Fsp3) is 0.211. The van der Waals surface area contributed by atoms with E-state index in [2.05, 4.69) is 15.3 Å². The third-order valence-corrected chi connectivity index (χ3v) is 4.94. The van der Waals surface area contributed by atoms with Crippen LogP contribution in [0.3, 0.4) is 0 Å². The highest BCUT2D eigenvalue weighted by atomic mass is 32.2. The third-order valence-electron chi connectivity index (χ3n) is 3.80. The Bertz CT molecular complexity index is 1050. The van der Waals surface area contributed by atoms with Crippen molar-refractivity contribution < 1.29 is 18.0 Å². The molecule has 146 valence electrons. The summed E-state index contributed by atoms with van der Waals surface area (Å²) in [5.74, 6) is -1.04. The van der Waals surface area contributed by atoms with E-state index in [1.165, 1.54) is 6.07 Å². The zero-order chi connectivity index (χ0) is 20.1. The van der Waals surface area contributed by atoms with Gasteiger partial charge >= 0.3 is 6.18 Å². The summed E-state index contributed by atoms with van der Waals surface area (Å²) in [6, 6.07) is 13.2. The number of benzene rings is 2. The van der Waals surface area contributed by atoms with Crippen molar-refractivity contribution in [3.8, 4) is 0 Å². The predicted molar refractivity (Wildman–Crippen MR) is 103 cm³/mol. The molecule has 0 saturated heterocycles. The molecule has 9 heteroatoms. The van der Waals surface area contributed by atoms with E-state index in [0.29, 0.717) is 39.1 Å². The van der Waals surface area contributed by atoms with E-state index in [1.54, 1.807) is 42.5 Å². The highest BCUT2D eigenvalue weighted by Gasteiger charge is 2.27. The number of hydrogen-bond acceptors (Lipinski definition) is 4. The van der Waals surface area contributed by atoms with E-state index in [1.807, 2.05) is 0 Å². The number of fused-ring (bicyclic) bond motifs is 1. The van der Waals surface area contributed by atoms with Gasteiger partial charge in [-0.15, -0.1) is 11.8 Å². The Balaban J connectivity index is 1.64. The number of alkyl halides is 3. The van der Waals surface area contributed by atoms with Crippen molar-refractivity contribution >= 4 is 34.3 Å². The number of anilines is 1. The molecule has 0 spiro atoms. The van der Waals surface area contributed by atoms with Crippen LogP contribution < -0.4 is 10.9 Å². The van der Waals surface area contributed by atoms with E-state index in [0.717, 1.165) is 0 Å². The molecule has 0 aliphatic heterocycles. The maximum Gasteiger partial charge on any atom is 0.398 e. The zero-order valence-electron chi connectivity index (χ0n) is 14.5. The lowest BCUT2D eigenvalue weighted by molar-refractivity contribution is -0.116. The van der Waals surface area contributed by atoms with Crippen molar-refractivity contribution in [2.75, 3.05) is 11.1 Å². The summed E-state index contributed by atoms with van der Waals surface area (Å²) in [6.07, 6.45) is -4.07. The van der Waals surface area contributed by atoms with Crippen LogP contribution in [-0.4, -0.2) is 27.8 Å². The van der Waals surface area contributed by atoms with Gasteiger partial charge in [0.2, 0.25) is 5.91 Å². The Morgan fingerprint density at radius 3 is 2.61 bits per heavy atom. The van der Waals surface area contributed by atoms with Gasteiger partial charge in [0.25, 0.3) is 5.56 Å². The number of aryl methyl sites for hydroxylation is 1. The Morgan fingerprint density at radius 1 is 1.11 bits per heavy atom. The molecular formula is C19H16F3N3O2S. The number of amides is 1. The van der Waals surface area contributed by atoms with Crippen molar-refractivity contribution in [1.82, 2.24) is 9.97 Å². The Hall–Kier alpha value is -2.81. The monoisotopic (exact) mass is 407 g/mol. The minimum Gasteiger partial charge on any atom is -0.325 e. The average Bonchev–Trinajstić information content (AvgIpc) is 2.65. The van der Waals surface area contributed by atoms with Crippen molar-refractivity contribution in [2.24, 2.45) is 0 Å². The van der Waals surface area contributed by atoms with Crippen LogP contribution in [-0.2, 0) is 11.2 Å². The average molecular weight is 407 g/mol. The second-order valence-electron chi connectivity index (χ2n) is 5.98. The molecule has 0 bridgehead atoms. The molecule has 3 aromatic rings. The van der Waals surface area contributed by atoms with Gasteiger partial charge in [-0.2, -0.15) is 13.2 Å². The second kappa shape index (κ2) is 8.47. The molecule has 2 N–H and O–H groups in total. The molecular weight excluding hydrogens is 391 g/mol. The number of halogens is 3. The fourth-order valence-corrected chi connectivity index (χ4v) is 3.32. The molecule has 3 rings (SSSR count). The van der Waals surface area contributed by atoms with Crippen LogP contribution in [0, 0.1) is 0 Å². The van der Waals surface area contributed by atoms with E-state index in [4.69, 9.17) is 0 Å². The van der Waals surface area contributed by atoms with E-state index < -0.39 is 11.9 Å². The van der Waals surface area contributed by atoms with Crippen LogP contribution in [0.25, 0.3) is 10.9 Å². The van der Waals surface area contributed by atoms with Crippen molar-refractivity contribution in [1.29, 1.82) is 0 Å². The van der Waals surface area contributed by atoms with Crippen LogP contribution in [0.2, 0.25) is 0 Å². The Kier molecular flexibility index (Phi) is 6.03. The SMILES string of the molecule is O=C(CCc1nc2ccccc2c(=O)[nH]1)Nc1ccccc1SCC(F)(F)F. The number of aromatic amines is 1. The number of carbonyl (C=O) groups excluding carboxylic acids is 1.